The summed E-state index contributed by atoms with van der Waals surface area (Å²) in [7, 11) is -0.706. The number of hydrogen-bond donors (Lipinski definition) is 2. The number of carbonyl (C=O) groups excluding carboxylic acids is 2. The quantitative estimate of drug-likeness (QED) is 0.658. The lowest BCUT2D eigenvalue weighted by Crippen LogP contribution is -2.45. The van der Waals surface area contributed by atoms with E-state index in [0.29, 0.717) is 31.7 Å². The van der Waals surface area contributed by atoms with Crippen LogP contribution in [-0.2, 0) is 19.6 Å². The van der Waals surface area contributed by atoms with Crippen molar-refractivity contribution in [3.63, 3.8) is 0 Å². The van der Waals surface area contributed by atoms with E-state index >= 15 is 0 Å². The van der Waals surface area contributed by atoms with Gasteiger partial charge in [-0.25, -0.2) is 8.42 Å². The van der Waals surface area contributed by atoms with Crippen LogP contribution >= 0.6 is 0 Å². The number of methoxy groups -OCH3 is 1. The average Bonchev–Trinajstić information content (AvgIpc) is 3.21. The van der Waals surface area contributed by atoms with Crippen LogP contribution in [0.15, 0.2) is 23.1 Å². The Morgan fingerprint density at radius 3 is 2.53 bits per heavy atom. The van der Waals surface area contributed by atoms with Gasteiger partial charge in [-0.1, -0.05) is 6.42 Å². The molecule has 0 aliphatic carbocycles. The summed E-state index contributed by atoms with van der Waals surface area (Å²) in [5, 5.41) is 5.39. The van der Waals surface area contributed by atoms with Crippen LogP contribution in [0.4, 0.5) is 5.69 Å². The number of hydrogen-bond acceptors (Lipinski definition) is 6. The largest absolute Gasteiger partial charge is 0.495 e. The molecule has 1 aromatic carbocycles. The molecule has 30 heavy (non-hydrogen) atoms. The van der Waals surface area contributed by atoms with Gasteiger partial charge in [-0.15, -0.1) is 0 Å². The monoisotopic (exact) mass is 438 g/mol. The predicted molar refractivity (Wildman–Crippen MR) is 113 cm³/mol. The van der Waals surface area contributed by atoms with E-state index in [0.717, 1.165) is 25.7 Å². The van der Waals surface area contributed by atoms with Gasteiger partial charge < -0.3 is 15.4 Å². The molecule has 2 amide bonds. The molecule has 0 radical (unpaired) electrons. The summed E-state index contributed by atoms with van der Waals surface area (Å²) < 4.78 is 33.0. The minimum Gasteiger partial charge on any atom is -0.495 e. The molecule has 1 atom stereocenters. The van der Waals surface area contributed by atoms with Gasteiger partial charge in [0, 0.05) is 25.8 Å². The third-order valence-electron chi connectivity index (χ3n) is 5.64. The van der Waals surface area contributed by atoms with Gasteiger partial charge in [-0.2, -0.15) is 4.31 Å². The molecule has 9 nitrogen and oxygen atoms in total. The predicted octanol–water partition coefficient (Wildman–Crippen LogP) is 1.02. The Morgan fingerprint density at radius 2 is 1.87 bits per heavy atom. The van der Waals surface area contributed by atoms with Crippen molar-refractivity contribution in [3.8, 4) is 5.75 Å². The van der Waals surface area contributed by atoms with Crippen LogP contribution in [0.2, 0.25) is 0 Å². The molecule has 1 aromatic rings. The molecular formula is C20H30N4O5S. The van der Waals surface area contributed by atoms with E-state index in [1.807, 2.05) is 4.90 Å². The third kappa shape index (κ3) is 4.93. The Morgan fingerprint density at radius 1 is 1.13 bits per heavy atom. The summed E-state index contributed by atoms with van der Waals surface area (Å²) in [4.78, 5) is 26.4. The molecule has 10 heteroatoms. The van der Waals surface area contributed by atoms with Crippen LogP contribution < -0.4 is 15.4 Å². The van der Waals surface area contributed by atoms with Crippen LogP contribution in [-0.4, -0.2) is 75.8 Å². The zero-order valence-corrected chi connectivity index (χ0v) is 18.3. The van der Waals surface area contributed by atoms with Gasteiger partial charge in [0.05, 0.1) is 19.7 Å². The van der Waals surface area contributed by atoms with Gasteiger partial charge in [0.15, 0.2) is 0 Å². The molecule has 2 aliphatic rings. The average molecular weight is 439 g/mol. The third-order valence-corrected chi connectivity index (χ3v) is 7.56. The van der Waals surface area contributed by atoms with E-state index in [1.165, 1.54) is 17.5 Å². The summed E-state index contributed by atoms with van der Waals surface area (Å²) in [5.74, 6) is -0.144. The van der Waals surface area contributed by atoms with Crippen molar-refractivity contribution >= 4 is 27.5 Å². The molecule has 3 rings (SSSR count). The SMILES string of the molecule is CNC(=O)C1CCCN1CC(=O)Nc1ccc(OC)c(S(=O)(=O)N2CCCCC2)c1. The number of anilines is 1. The number of piperidine rings is 1. The summed E-state index contributed by atoms with van der Waals surface area (Å²) in [6.45, 7) is 1.71. The molecule has 2 fully saturated rings. The highest BCUT2D eigenvalue weighted by Crippen LogP contribution is 2.31. The minimum absolute atomic E-state index is 0.0501. The summed E-state index contributed by atoms with van der Waals surface area (Å²) in [5.41, 5.74) is 0.382. The fraction of sp³-hybridized carbons (Fsp3) is 0.600. The van der Waals surface area contributed by atoms with Crippen molar-refractivity contribution in [2.24, 2.45) is 0 Å². The standard InChI is InChI=1S/C20H30N4O5S/c1-21-20(26)16-7-6-10-23(16)14-19(25)22-15-8-9-17(29-2)18(13-15)30(27,28)24-11-4-3-5-12-24/h8-9,13,16H,3-7,10-12,14H2,1-2H3,(H,21,26)(H,22,25). The molecule has 2 N–H and O–H groups in total. The lowest BCUT2D eigenvalue weighted by Gasteiger charge is -2.27. The summed E-state index contributed by atoms with van der Waals surface area (Å²) in [6.07, 6.45) is 4.26. The van der Waals surface area contributed by atoms with Gasteiger partial charge in [0.25, 0.3) is 0 Å². The Kier molecular flexibility index (Phi) is 7.32. The fourth-order valence-electron chi connectivity index (χ4n) is 4.06. The van der Waals surface area contributed by atoms with E-state index in [9.17, 15) is 18.0 Å². The van der Waals surface area contributed by atoms with Gasteiger partial charge in [-0.3, -0.25) is 14.5 Å². The van der Waals surface area contributed by atoms with Crippen molar-refractivity contribution in [1.29, 1.82) is 0 Å². The molecule has 2 saturated heterocycles. The van der Waals surface area contributed by atoms with Crippen molar-refractivity contribution in [2.45, 2.75) is 43.0 Å². The second-order valence-corrected chi connectivity index (χ2v) is 9.53. The molecule has 0 spiro atoms. The highest BCUT2D eigenvalue weighted by atomic mass is 32.2. The number of benzene rings is 1. The maximum absolute atomic E-state index is 13.1. The number of sulfonamides is 1. The summed E-state index contributed by atoms with van der Waals surface area (Å²) in [6, 6.07) is 4.30. The number of nitrogens with one attached hydrogen (secondary N) is 2. The minimum atomic E-state index is -3.72. The molecule has 2 heterocycles. The van der Waals surface area contributed by atoms with Gasteiger partial charge >= 0.3 is 0 Å². The van der Waals surface area contributed by atoms with Gasteiger partial charge in [0.2, 0.25) is 21.8 Å². The molecule has 0 bridgehead atoms. The Hall–Kier alpha value is -2.17. The first-order valence-corrected chi connectivity index (χ1v) is 11.7. The van der Waals surface area contributed by atoms with Crippen LogP contribution in [0, 0.1) is 0 Å². The Bertz CT molecular complexity index is 883. The summed E-state index contributed by atoms with van der Waals surface area (Å²) >= 11 is 0. The maximum Gasteiger partial charge on any atom is 0.246 e. The van der Waals surface area contributed by atoms with Gasteiger partial charge in [0.1, 0.15) is 10.6 Å². The first-order chi connectivity index (χ1) is 14.4. The van der Waals surface area contributed by atoms with E-state index < -0.39 is 10.0 Å². The van der Waals surface area contributed by atoms with Gasteiger partial charge in [-0.05, 0) is 50.4 Å². The number of amides is 2. The Labute approximate surface area is 177 Å². The van der Waals surface area contributed by atoms with E-state index in [2.05, 4.69) is 10.6 Å². The number of carbonyl (C=O) groups is 2. The first-order valence-electron chi connectivity index (χ1n) is 10.3. The van der Waals surface area contributed by atoms with E-state index in [-0.39, 0.29) is 35.0 Å². The number of likely N-dealkylation sites (N-methyl/N-ethyl adjacent to an activating group) is 1. The van der Waals surface area contributed by atoms with Crippen LogP contribution in [0.1, 0.15) is 32.1 Å². The molecular weight excluding hydrogens is 408 g/mol. The first kappa shape index (κ1) is 22.5. The second kappa shape index (κ2) is 9.76. The highest BCUT2D eigenvalue weighted by Gasteiger charge is 2.32. The highest BCUT2D eigenvalue weighted by molar-refractivity contribution is 7.89. The molecule has 0 saturated carbocycles. The van der Waals surface area contributed by atoms with E-state index in [4.69, 9.17) is 4.74 Å². The zero-order valence-electron chi connectivity index (χ0n) is 17.5. The zero-order chi connectivity index (χ0) is 21.7. The number of nitrogens with zero attached hydrogens (tertiary/aromatic N) is 2. The van der Waals surface area contributed by atoms with Crippen molar-refractivity contribution < 1.29 is 22.7 Å². The maximum atomic E-state index is 13.1. The van der Waals surface area contributed by atoms with Crippen LogP contribution in [0.3, 0.4) is 0 Å². The van der Waals surface area contributed by atoms with Crippen molar-refractivity contribution in [1.82, 2.24) is 14.5 Å². The van der Waals surface area contributed by atoms with Crippen LogP contribution in [0.5, 0.6) is 5.75 Å². The molecule has 1 unspecified atom stereocenters. The van der Waals surface area contributed by atoms with Crippen molar-refractivity contribution in [2.75, 3.05) is 45.7 Å². The van der Waals surface area contributed by atoms with Crippen molar-refractivity contribution in [3.05, 3.63) is 18.2 Å². The fourth-order valence-corrected chi connectivity index (χ4v) is 5.76. The molecule has 2 aliphatic heterocycles. The Balaban J connectivity index is 1.74. The number of ether oxygens (including phenoxy) is 1. The second-order valence-electron chi connectivity index (χ2n) is 7.62. The lowest BCUT2D eigenvalue weighted by atomic mass is 10.2. The van der Waals surface area contributed by atoms with E-state index in [1.54, 1.807) is 19.2 Å². The van der Waals surface area contributed by atoms with Crippen LogP contribution in [0.25, 0.3) is 0 Å². The normalized spacial score (nSPS) is 20.7. The lowest BCUT2D eigenvalue weighted by molar-refractivity contribution is -0.126. The molecule has 166 valence electrons. The molecule has 0 aromatic heterocycles. The smallest absolute Gasteiger partial charge is 0.246 e. The number of likely N-dealkylation sites (tertiary alicyclic amines) is 1. The number of rotatable bonds is 7. The topological polar surface area (TPSA) is 108 Å².